The van der Waals surface area contributed by atoms with Crippen LogP contribution in [-0.2, 0) is 33.2 Å². The molecule has 2 heterocycles. The van der Waals surface area contributed by atoms with Gasteiger partial charge in [0.05, 0.1) is 26.4 Å². The van der Waals surface area contributed by atoms with Crippen molar-refractivity contribution in [2.45, 2.75) is 293 Å². The van der Waals surface area contributed by atoms with E-state index < -0.39 is 80.7 Å². The van der Waals surface area contributed by atoms with Crippen molar-refractivity contribution in [3.05, 3.63) is 24.3 Å². The number of allylic oxidation sites excluding steroid dienone is 4. The van der Waals surface area contributed by atoms with Crippen LogP contribution in [0.2, 0.25) is 0 Å². The summed E-state index contributed by atoms with van der Waals surface area (Å²) in [5.74, 6) is -0.374. The molecule has 412 valence electrons. The van der Waals surface area contributed by atoms with Gasteiger partial charge in [-0.2, -0.15) is 0 Å². The largest absolute Gasteiger partial charge is 0.457 e. The van der Waals surface area contributed by atoms with Crippen molar-refractivity contribution in [3.8, 4) is 0 Å². The van der Waals surface area contributed by atoms with Crippen LogP contribution in [0.25, 0.3) is 0 Å². The average molecular weight is 1000 g/mol. The highest BCUT2D eigenvalue weighted by Crippen LogP contribution is 2.27. The highest BCUT2D eigenvalue weighted by molar-refractivity contribution is 5.69. The fraction of sp³-hybridized carbons (Fsp3) is 0.911. The lowest BCUT2D eigenvalue weighted by molar-refractivity contribution is -0.332. The number of carbonyl (C=O) groups excluding carboxylic acids is 1. The number of aliphatic hydroxyl groups is 7. The van der Waals surface area contributed by atoms with Gasteiger partial charge >= 0.3 is 5.97 Å². The molecule has 0 saturated carbocycles. The maximum absolute atomic E-state index is 13.1. The van der Waals surface area contributed by atoms with Crippen LogP contribution in [0.3, 0.4) is 0 Å². The Morgan fingerprint density at radius 1 is 0.471 bits per heavy atom. The maximum Gasteiger partial charge on any atom is 0.306 e. The van der Waals surface area contributed by atoms with E-state index in [0.29, 0.717) is 13.0 Å². The number of aliphatic hydroxyl groups excluding tert-OH is 7. The van der Waals surface area contributed by atoms with E-state index in [1.807, 2.05) is 0 Å². The van der Waals surface area contributed by atoms with Crippen molar-refractivity contribution in [1.29, 1.82) is 0 Å². The third-order valence-corrected chi connectivity index (χ3v) is 13.7. The highest BCUT2D eigenvalue weighted by atomic mass is 16.7. The smallest absolute Gasteiger partial charge is 0.306 e. The van der Waals surface area contributed by atoms with Crippen molar-refractivity contribution in [3.63, 3.8) is 0 Å². The Morgan fingerprint density at radius 2 is 0.886 bits per heavy atom. The quantitative estimate of drug-likeness (QED) is 0.0172. The number of carbonyl (C=O) groups is 1. The topological polar surface area (TPSA) is 214 Å². The minimum absolute atomic E-state index is 0.0617. The second kappa shape index (κ2) is 43.8. The highest BCUT2D eigenvalue weighted by Gasteiger charge is 2.47. The lowest BCUT2D eigenvalue weighted by Crippen LogP contribution is -2.61. The molecule has 0 spiro atoms. The fourth-order valence-corrected chi connectivity index (χ4v) is 9.08. The second-order valence-corrected chi connectivity index (χ2v) is 20.1. The Hall–Kier alpha value is -1.53. The van der Waals surface area contributed by atoms with Crippen molar-refractivity contribution in [2.24, 2.45) is 0 Å². The molecule has 2 fully saturated rings. The van der Waals surface area contributed by atoms with E-state index in [-0.39, 0.29) is 25.6 Å². The summed E-state index contributed by atoms with van der Waals surface area (Å²) in [4.78, 5) is 13.1. The molecule has 14 heteroatoms. The first-order chi connectivity index (χ1) is 34.1. The number of hydrogen-bond donors (Lipinski definition) is 7. The monoisotopic (exact) mass is 1000 g/mol. The van der Waals surface area contributed by atoms with E-state index in [1.165, 1.54) is 148 Å². The Balaban J connectivity index is 1.73. The van der Waals surface area contributed by atoms with Crippen LogP contribution in [0.5, 0.6) is 0 Å². The van der Waals surface area contributed by atoms with Gasteiger partial charge in [-0.05, 0) is 44.9 Å². The normalized spacial score (nSPS) is 25.6. The van der Waals surface area contributed by atoms with Crippen LogP contribution in [0.1, 0.15) is 226 Å². The molecule has 2 saturated heterocycles. The summed E-state index contributed by atoms with van der Waals surface area (Å²) < 4.78 is 34.4. The zero-order chi connectivity index (χ0) is 50.9. The molecule has 0 aromatic rings. The van der Waals surface area contributed by atoms with Crippen LogP contribution >= 0.6 is 0 Å². The van der Waals surface area contributed by atoms with Crippen LogP contribution < -0.4 is 0 Å². The summed E-state index contributed by atoms with van der Waals surface area (Å²) >= 11 is 0. The lowest BCUT2D eigenvalue weighted by Gasteiger charge is -2.42. The predicted octanol–water partition coefficient (Wildman–Crippen LogP) is 9.58. The summed E-state index contributed by atoms with van der Waals surface area (Å²) in [6.45, 7) is 3.70. The predicted molar refractivity (Wildman–Crippen MR) is 275 cm³/mol. The molecular weight excluding hydrogens is 897 g/mol. The van der Waals surface area contributed by atoms with Gasteiger partial charge < -0.3 is 64.2 Å². The first-order valence-electron chi connectivity index (χ1n) is 28.4. The summed E-state index contributed by atoms with van der Waals surface area (Å²) in [5, 5.41) is 72.3. The molecule has 7 N–H and O–H groups in total. The van der Waals surface area contributed by atoms with E-state index in [2.05, 4.69) is 38.2 Å². The van der Waals surface area contributed by atoms with Crippen LogP contribution in [-0.4, -0.2) is 142 Å². The molecule has 0 aromatic carbocycles. The molecule has 11 atom stereocenters. The standard InChI is InChI=1S/C56H104O14/c1-3-5-7-9-11-13-15-17-19-21-22-24-26-28-30-32-34-36-38-40-65-42-45(68-48(58)39-37-35-33-31-29-27-25-23-20-18-16-14-12-10-8-6-4-2)43-66-55-54(64)52(62)50(60)47(70-55)44-67-56-53(63)51(61)49(59)46(41-57)69-56/h13,15,19,21,45-47,49-57,59-64H,3-12,14,16-18,20,22-44H2,1-2H3/b15-13-,21-19-. The minimum atomic E-state index is -1.71. The van der Waals surface area contributed by atoms with Crippen molar-refractivity contribution < 1.29 is 69.0 Å². The summed E-state index contributed by atoms with van der Waals surface area (Å²) in [6, 6.07) is 0. The van der Waals surface area contributed by atoms with Crippen LogP contribution in [0.4, 0.5) is 0 Å². The molecular formula is C56H104O14. The number of ether oxygens (including phenoxy) is 6. The minimum Gasteiger partial charge on any atom is -0.457 e. The molecule has 0 radical (unpaired) electrons. The zero-order valence-corrected chi connectivity index (χ0v) is 44.0. The van der Waals surface area contributed by atoms with Crippen LogP contribution in [0, 0.1) is 0 Å². The SMILES string of the molecule is CCCCCC/C=C\C/C=C\CCCCCCCCCCOCC(COC1OC(COC2OC(CO)C(O)C(O)C2O)C(O)C(O)C1O)OC(=O)CCCCCCCCCCCCCCCCCCC. The first kappa shape index (κ1) is 64.6. The molecule has 14 nitrogen and oxygen atoms in total. The van der Waals surface area contributed by atoms with Gasteiger partial charge in [-0.1, -0.05) is 199 Å². The van der Waals surface area contributed by atoms with Gasteiger partial charge in [-0.15, -0.1) is 0 Å². The number of rotatable bonds is 46. The summed E-state index contributed by atoms with van der Waals surface area (Å²) in [6.07, 6.45) is 32.3. The van der Waals surface area contributed by atoms with Gasteiger partial charge in [0.25, 0.3) is 0 Å². The third kappa shape index (κ3) is 30.6. The number of esters is 1. The average Bonchev–Trinajstić information content (AvgIpc) is 3.36. The van der Waals surface area contributed by atoms with E-state index in [0.717, 1.165) is 51.4 Å². The molecule has 70 heavy (non-hydrogen) atoms. The number of hydrogen-bond acceptors (Lipinski definition) is 14. The van der Waals surface area contributed by atoms with Gasteiger partial charge in [0.1, 0.15) is 54.9 Å². The Kier molecular flexibility index (Phi) is 40.4. The Labute approximate surface area is 424 Å². The Bertz CT molecular complexity index is 1250. The summed E-state index contributed by atoms with van der Waals surface area (Å²) in [5.41, 5.74) is 0. The van der Waals surface area contributed by atoms with E-state index in [4.69, 9.17) is 28.4 Å². The van der Waals surface area contributed by atoms with E-state index >= 15 is 0 Å². The van der Waals surface area contributed by atoms with E-state index in [1.54, 1.807) is 0 Å². The molecule has 0 amide bonds. The third-order valence-electron chi connectivity index (χ3n) is 13.7. The lowest BCUT2D eigenvalue weighted by atomic mass is 9.98. The van der Waals surface area contributed by atoms with Gasteiger partial charge in [0.2, 0.25) is 0 Å². The molecule has 2 aliphatic heterocycles. The van der Waals surface area contributed by atoms with Crippen molar-refractivity contribution >= 4 is 5.97 Å². The molecule has 0 aliphatic carbocycles. The fourth-order valence-electron chi connectivity index (χ4n) is 9.08. The molecule has 0 aromatic heterocycles. The number of unbranched alkanes of at least 4 members (excludes halogenated alkanes) is 28. The molecule has 11 unspecified atom stereocenters. The first-order valence-corrected chi connectivity index (χ1v) is 28.4. The molecule has 2 aliphatic rings. The van der Waals surface area contributed by atoms with Crippen LogP contribution in [0.15, 0.2) is 24.3 Å². The van der Waals surface area contributed by atoms with Crippen molar-refractivity contribution in [2.75, 3.05) is 33.0 Å². The summed E-state index contributed by atoms with van der Waals surface area (Å²) in [7, 11) is 0. The zero-order valence-electron chi connectivity index (χ0n) is 44.0. The molecule has 0 bridgehead atoms. The van der Waals surface area contributed by atoms with Gasteiger partial charge in [-0.25, -0.2) is 0 Å². The van der Waals surface area contributed by atoms with Gasteiger partial charge in [0.15, 0.2) is 12.6 Å². The second-order valence-electron chi connectivity index (χ2n) is 20.1. The van der Waals surface area contributed by atoms with Crippen molar-refractivity contribution in [1.82, 2.24) is 0 Å². The Morgan fingerprint density at radius 3 is 1.39 bits per heavy atom. The van der Waals surface area contributed by atoms with Gasteiger partial charge in [0, 0.05) is 13.0 Å². The van der Waals surface area contributed by atoms with E-state index in [9.17, 15) is 40.5 Å². The maximum atomic E-state index is 13.1. The van der Waals surface area contributed by atoms with Gasteiger partial charge in [-0.3, -0.25) is 4.79 Å². The molecule has 2 rings (SSSR count).